The van der Waals surface area contributed by atoms with Gasteiger partial charge in [0.2, 0.25) is 5.91 Å². The summed E-state index contributed by atoms with van der Waals surface area (Å²) in [7, 11) is 0. The fourth-order valence-electron chi connectivity index (χ4n) is 2.86. The molecule has 1 heterocycles. The number of aliphatic carboxylic acids is 1. The Morgan fingerprint density at radius 1 is 1.16 bits per heavy atom. The highest BCUT2D eigenvalue weighted by Crippen LogP contribution is 2.32. The number of carbonyl (C=O) groups is 2. The number of piperazine rings is 1. The standard InChI is InChI=1S/C15H19F3N4O3/c16-15(17,18)9-2-1-3-10(8-9)21-4-6-22(7-5-21)12(13(20)23)11(19)14(24)25/h1-3,8,11-12H,4-7,19H2,(H2,20,23)(H,24,25)/t11-,12?/m0/s1. The summed E-state index contributed by atoms with van der Waals surface area (Å²) >= 11 is 0. The third-order valence-electron chi connectivity index (χ3n) is 4.16. The van der Waals surface area contributed by atoms with Gasteiger partial charge in [0.1, 0.15) is 12.1 Å². The van der Waals surface area contributed by atoms with Crippen LogP contribution in [-0.2, 0) is 15.8 Å². The highest BCUT2D eigenvalue weighted by Gasteiger charge is 2.36. The van der Waals surface area contributed by atoms with Gasteiger partial charge in [-0.05, 0) is 18.2 Å². The van der Waals surface area contributed by atoms with Crippen LogP contribution in [-0.4, -0.2) is 60.1 Å². The van der Waals surface area contributed by atoms with Crippen LogP contribution in [0.5, 0.6) is 0 Å². The molecule has 0 bridgehead atoms. The van der Waals surface area contributed by atoms with Crippen molar-refractivity contribution in [1.82, 2.24) is 4.90 Å². The summed E-state index contributed by atoms with van der Waals surface area (Å²) in [5.74, 6) is -2.19. The van der Waals surface area contributed by atoms with Gasteiger partial charge in [-0.2, -0.15) is 13.2 Å². The van der Waals surface area contributed by atoms with E-state index in [9.17, 15) is 22.8 Å². The predicted octanol–water partition coefficient (Wildman–Crippen LogP) is 0.0932. The molecule has 1 aliphatic heterocycles. The van der Waals surface area contributed by atoms with E-state index < -0.39 is 35.7 Å². The molecule has 0 radical (unpaired) electrons. The normalized spacial score (nSPS) is 18.6. The first-order chi connectivity index (χ1) is 11.6. The van der Waals surface area contributed by atoms with Crippen molar-refractivity contribution in [3.63, 3.8) is 0 Å². The number of hydrogen-bond acceptors (Lipinski definition) is 5. The Hall–Kier alpha value is -2.33. The molecule has 2 rings (SSSR count). The van der Waals surface area contributed by atoms with Crippen molar-refractivity contribution < 1.29 is 27.9 Å². The number of rotatable bonds is 5. The highest BCUT2D eigenvalue weighted by atomic mass is 19.4. The number of carbonyl (C=O) groups excluding carboxylic acids is 1. The minimum absolute atomic E-state index is 0.255. The summed E-state index contributed by atoms with van der Waals surface area (Å²) in [4.78, 5) is 25.9. The Morgan fingerprint density at radius 2 is 1.76 bits per heavy atom. The second kappa shape index (κ2) is 7.28. The smallest absolute Gasteiger partial charge is 0.416 e. The van der Waals surface area contributed by atoms with Crippen LogP contribution in [0.15, 0.2) is 24.3 Å². The van der Waals surface area contributed by atoms with Crippen LogP contribution in [0.25, 0.3) is 0 Å². The number of nitrogens with two attached hydrogens (primary N) is 2. The van der Waals surface area contributed by atoms with Crippen molar-refractivity contribution in [2.24, 2.45) is 11.5 Å². The minimum Gasteiger partial charge on any atom is -0.480 e. The summed E-state index contributed by atoms with van der Waals surface area (Å²) in [6.07, 6.45) is -4.43. The highest BCUT2D eigenvalue weighted by molar-refractivity contribution is 5.88. The Bertz CT molecular complexity index is 645. The van der Waals surface area contributed by atoms with Gasteiger partial charge in [-0.15, -0.1) is 0 Å². The first-order valence-electron chi connectivity index (χ1n) is 7.55. The van der Waals surface area contributed by atoms with E-state index in [2.05, 4.69) is 0 Å². The quantitative estimate of drug-likeness (QED) is 0.686. The molecule has 0 aromatic heterocycles. The molecule has 5 N–H and O–H groups in total. The van der Waals surface area contributed by atoms with E-state index in [1.807, 2.05) is 0 Å². The maximum atomic E-state index is 12.8. The van der Waals surface area contributed by atoms with Crippen LogP contribution in [0, 0.1) is 0 Å². The van der Waals surface area contributed by atoms with Crippen molar-refractivity contribution >= 4 is 17.6 Å². The van der Waals surface area contributed by atoms with E-state index >= 15 is 0 Å². The molecule has 1 aromatic rings. The molecule has 7 nitrogen and oxygen atoms in total. The van der Waals surface area contributed by atoms with Gasteiger partial charge in [0.15, 0.2) is 0 Å². The van der Waals surface area contributed by atoms with Gasteiger partial charge >= 0.3 is 12.1 Å². The molecule has 0 saturated carbocycles. The fourth-order valence-corrected chi connectivity index (χ4v) is 2.86. The number of anilines is 1. The molecular weight excluding hydrogens is 341 g/mol. The number of alkyl halides is 3. The van der Waals surface area contributed by atoms with Gasteiger partial charge in [-0.3, -0.25) is 14.5 Å². The van der Waals surface area contributed by atoms with Crippen molar-refractivity contribution in [1.29, 1.82) is 0 Å². The van der Waals surface area contributed by atoms with Gasteiger partial charge in [0, 0.05) is 31.9 Å². The van der Waals surface area contributed by atoms with Crippen molar-refractivity contribution in [2.45, 2.75) is 18.3 Å². The first kappa shape index (κ1) is 19.0. The van der Waals surface area contributed by atoms with E-state index in [-0.39, 0.29) is 13.1 Å². The van der Waals surface area contributed by atoms with E-state index in [0.29, 0.717) is 18.8 Å². The second-order valence-corrected chi connectivity index (χ2v) is 5.78. The number of hydrogen-bond donors (Lipinski definition) is 3. The average molecular weight is 360 g/mol. The molecule has 1 aromatic carbocycles. The zero-order valence-electron chi connectivity index (χ0n) is 13.2. The monoisotopic (exact) mass is 360 g/mol. The van der Waals surface area contributed by atoms with Crippen LogP contribution in [0.2, 0.25) is 0 Å². The Morgan fingerprint density at radius 3 is 2.24 bits per heavy atom. The lowest BCUT2D eigenvalue weighted by atomic mass is 10.1. The number of benzene rings is 1. The zero-order valence-corrected chi connectivity index (χ0v) is 13.2. The van der Waals surface area contributed by atoms with Crippen molar-refractivity contribution in [3.05, 3.63) is 29.8 Å². The molecule has 1 amide bonds. The van der Waals surface area contributed by atoms with Crippen LogP contribution in [0.3, 0.4) is 0 Å². The molecule has 10 heteroatoms. The van der Waals surface area contributed by atoms with E-state index in [1.165, 1.54) is 6.07 Å². The number of amides is 1. The molecule has 1 unspecified atom stereocenters. The maximum Gasteiger partial charge on any atom is 0.416 e. The lowest BCUT2D eigenvalue weighted by Gasteiger charge is -2.40. The maximum absolute atomic E-state index is 12.8. The SMILES string of the molecule is NC(=O)C([C@H](N)C(=O)O)N1CCN(c2cccc(C(F)(F)F)c2)CC1. The average Bonchev–Trinajstić information content (AvgIpc) is 2.54. The molecule has 0 spiro atoms. The third-order valence-corrected chi connectivity index (χ3v) is 4.16. The van der Waals surface area contributed by atoms with Gasteiger partial charge in [0.25, 0.3) is 0 Å². The first-order valence-corrected chi connectivity index (χ1v) is 7.55. The molecule has 2 atom stereocenters. The second-order valence-electron chi connectivity index (χ2n) is 5.78. The van der Waals surface area contributed by atoms with E-state index in [1.54, 1.807) is 15.9 Å². The van der Waals surface area contributed by atoms with Crippen LogP contribution < -0.4 is 16.4 Å². The number of halogens is 3. The molecule has 138 valence electrons. The number of carboxylic acids is 1. The van der Waals surface area contributed by atoms with Crippen LogP contribution in [0.4, 0.5) is 18.9 Å². The van der Waals surface area contributed by atoms with E-state index in [0.717, 1.165) is 12.1 Å². The van der Waals surface area contributed by atoms with Crippen molar-refractivity contribution in [2.75, 3.05) is 31.1 Å². The zero-order chi connectivity index (χ0) is 18.8. The van der Waals surface area contributed by atoms with Crippen molar-refractivity contribution in [3.8, 4) is 0 Å². The Balaban J connectivity index is 2.08. The molecular formula is C15H19F3N4O3. The van der Waals surface area contributed by atoms with Crippen LogP contribution >= 0.6 is 0 Å². The van der Waals surface area contributed by atoms with Gasteiger partial charge < -0.3 is 21.5 Å². The number of primary amides is 1. The summed E-state index contributed by atoms with van der Waals surface area (Å²) in [6.45, 7) is 1.14. The Kier molecular flexibility index (Phi) is 5.53. The Labute approximate surface area is 142 Å². The summed E-state index contributed by atoms with van der Waals surface area (Å²) in [5, 5.41) is 8.99. The minimum atomic E-state index is -4.43. The fraction of sp³-hybridized carbons (Fsp3) is 0.467. The van der Waals surface area contributed by atoms with E-state index in [4.69, 9.17) is 16.6 Å². The van der Waals surface area contributed by atoms with Crippen LogP contribution in [0.1, 0.15) is 5.56 Å². The molecule has 1 aliphatic rings. The predicted molar refractivity (Wildman–Crippen MR) is 83.8 cm³/mol. The third kappa shape index (κ3) is 4.40. The lowest BCUT2D eigenvalue weighted by molar-refractivity contribution is -0.143. The number of nitrogens with zero attached hydrogens (tertiary/aromatic N) is 2. The summed E-state index contributed by atoms with van der Waals surface area (Å²) in [5.41, 5.74) is 10.5. The number of carboxylic acid groups (broad SMARTS) is 1. The van der Waals surface area contributed by atoms with Gasteiger partial charge in [-0.1, -0.05) is 6.07 Å². The molecule has 25 heavy (non-hydrogen) atoms. The summed E-state index contributed by atoms with van der Waals surface area (Å²) < 4.78 is 38.4. The lowest BCUT2D eigenvalue weighted by Crippen LogP contribution is -2.62. The molecule has 0 aliphatic carbocycles. The summed E-state index contributed by atoms with van der Waals surface area (Å²) in [6, 6.07) is 2.33. The largest absolute Gasteiger partial charge is 0.480 e. The molecule has 1 fully saturated rings. The van der Waals surface area contributed by atoms with Gasteiger partial charge in [-0.25, -0.2) is 0 Å². The molecule has 1 saturated heterocycles. The topological polar surface area (TPSA) is 113 Å². The van der Waals surface area contributed by atoms with Gasteiger partial charge in [0.05, 0.1) is 5.56 Å².